The van der Waals surface area contributed by atoms with Crippen LogP contribution in [-0.4, -0.2) is 16.8 Å². The van der Waals surface area contributed by atoms with E-state index in [0.717, 1.165) is 5.56 Å². The second-order valence-electron chi connectivity index (χ2n) is 5.06. The molecule has 0 saturated heterocycles. The van der Waals surface area contributed by atoms with Crippen LogP contribution in [0.1, 0.15) is 18.0 Å². The summed E-state index contributed by atoms with van der Waals surface area (Å²) in [7, 11) is 0. The monoisotopic (exact) mass is 368 g/mol. The fraction of sp³-hybridized carbons (Fsp3) is 0.125. The highest BCUT2D eigenvalue weighted by molar-refractivity contribution is 6.38. The number of carbonyl (C=O) groups is 1. The average Bonchev–Trinajstić information content (AvgIpc) is 2.93. The van der Waals surface area contributed by atoms with Gasteiger partial charge in [-0.3, -0.25) is 5.01 Å². The Labute approximate surface area is 147 Å². The highest BCUT2D eigenvalue weighted by Gasteiger charge is 2.33. The molecule has 3 rings (SSSR count). The van der Waals surface area contributed by atoms with E-state index in [-0.39, 0.29) is 18.2 Å². The van der Waals surface area contributed by atoms with Crippen molar-refractivity contribution >= 4 is 52.2 Å². The van der Waals surface area contributed by atoms with Crippen LogP contribution in [0.3, 0.4) is 0 Å². The fourth-order valence-electron chi connectivity index (χ4n) is 2.47. The van der Waals surface area contributed by atoms with Crippen molar-refractivity contribution in [3.05, 3.63) is 63.1 Å². The van der Waals surface area contributed by atoms with Crippen LogP contribution in [0.25, 0.3) is 0 Å². The lowest BCUT2D eigenvalue weighted by molar-refractivity contribution is -0.129. The molecule has 0 unspecified atom stereocenters. The Kier molecular flexibility index (Phi) is 4.48. The molecule has 0 amide bonds. The summed E-state index contributed by atoms with van der Waals surface area (Å²) in [4.78, 5) is 11.3. The van der Waals surface area contributed by atoms with Crippen molar-refractivity contribution in [2.45, 2.75) is 12.5 Å². The molecule has 0 aromatic heterocycles. The molecular weight excluding hydrogens is 359 g/mol. The van der Waals surface area contributed by atoms with E-state index in [0.29, 0.717) is 20.8 Å². The Morgan fingerprint density at radius 1 is 1.09 bits per heavy atom. The molecule has 23 heavy (non-hydrogen) atoms. The first kappa shape index (κ1) is 16.1. The van der Waals surface area contributed by atoms with Gasteiger partial charge in [0.15, 0.2) is 0 Å². The minimum Gasteiger partial charge on any atom is -0.477 e. The van der Waals surface area contributed by atoms with Crippen molar-refractivity contribution in [2.75, 3.05) is 5.01 Å². The molecule has 1 N–H and O–H groups in total. The van der Waals surface area contributed by atoms with E-state index in [9.17, 15) is 9.90 Å². The predicted molar refractivity (Wildman–Crippen MR) is 92.8 cm³/mol. The molecule has 1 heterocycles. The first-order valence-electron chi connectivity index (χ1n) is 6.76. The van der Waals surface area contributed by atoms with E-state index in [1.54, 1.807) is 35.3 Å². The molecule has 0 aliphatic carbocycles. The molecule has 0 bridgehead atoms. The number of anilines is 1. The number of halogens is 3. The van der Waals surface area contributed by atoms with E-state index >= 15 is 0 Å². The van der Waals surface area contributed by atoms with E-state index in [1.807, 2.05) is 12.1 Å². The van der Waals surface area contributed by atoms with Crippen LogP contribution < -0.4 is 5.01 Å². The van der Waals surface area contributed by atoms with Crippen LogP contribution in [-0.2, 0) is 4.79 Å². The predicted octanol–water partition coefficient (Wildman–Crippen LogP) is 5.04. The molecule has 0 radical (unpaired) electrons. The fourth-order valence-corrected chi connectivity index (χ4v) is 3.09. The van der Waals surface area contributed by atoms with Gasteiger partial charge in [-0.1, -0.05) is 46.9 Å². The topological polar surface area (TPSA) is 52.9 Å². The van der Waals surface area contributed by atoms with Crippen LogP contribution in [0.2, 0.25) is 15.1 Å². The summed E-state index contributed by atoms with van der Waals surface area (Å²) >= 11 is 18.1. The third-order valence-corrected chi connectivity index (χ3v) is 4.36. The second-order valence-corrected chi connectivity index (χ2v) is 6.34. The Morgan fingerprint density at radius 2 is 1.74 bits per heavy atom. The second kappa shape index (κ2) is 6.40. The smallest absolute Gasteiger partial charge is 0.352 e. The molecule has 0 saturated carbocycles. The summed E-state index contributed by atoms with van der Waals surface area (Å²) in [5, 5.41) is 16.6. The highest BCUT2D eigenvalue weighted by Crippen LogP contribution is 2.39. The lowest BCUT2D eigenvalue weighted by atomic mass is 10.0. The van der Waals surface area contributed by atoms with Crippen molar-refractivity contribution in [1.29, 1.82) is 0 Å². The summed E-state index contributed by atoms with van der Waals surface area (Å²) in [6.07, 6.45) is 0.274. The van der Waals surface area contributed by atoms with Gasteiger partial charge in [0.25, 0.3) is 0 Å². The largest absolute Gasteiger partial charge is 0.477 e. The Bertz CT molecular complexity index is 790. The highest BCUT2D eigenvalue weighted by atomic mass is 35.5. The summed E-state index contributed by atoms with van der Waals surface area (Å²) in [5.41, 5.74) is 1.59. The Balaban J connectivity index is 2.04. The van der Waals surface area contributed by atoms with Crippen LogP contribution >= 0.6 is 34.8 Å². The standard InChI is InChI=1S/C16H11Cl3N2O2/c17-10-3-1-9(2-4-10)15-8-13(16(22)23)20-21(15)14-6-5-11(18)7-12(14)19/h1-7,15H,8H2,(H,22,23)/t15-/m1/s1. The Morgan fingerprint density at radius 3 is 2.35 bits per heavy atom. The lowest BCUT2D eigenvalue weighted by Crippen LogP contribution is -2.19. The third-order valence-electron chi connectivity index (χ3n) is 3.57. The molecule has 0 fully saturated rings. The van der Waals surface area contributed by atoms with Gasteiger partial charge in [-0.25, -0.2) is 4.79 Å². The average molecular weight is 370 g/mol. The minimum absolute atomic E-state index is 0.0796. The van der Waals surface area contributed by atoms with Crippen molar-refractivity contribution in [2.24, 2.45) is 5.10 Å². The minimum atomic E-state index is -1.04. The maximum Gasteiger partial charge on any atom is 0.352 e. The molecule has 0 spiro atoms. The molecule has 2 aromatic carbocycles. The van der Waals surface area contributed by atoms with Gasteiger partial charge in [0.1, 0.15) is 5.71 Å². The van der Waals surface area contributed by atoms with E-state index < -0.39 is 5.97 Å². The quantitative estimate of drug-likeness (QED) is 0.824. The lowest BCUT2D eigenvalue weighted by Gasteiger charge is -2.25. The van der Waals surface area contributed by atoms with Crippen LogP contribution in [0.15, 0.2) is 47.6 Å². The van der Waals surface area contributed by atoms with Gasteiger partial charge >= 0.3 is 5.97 Å². The number of carboxylic acid groups (broad SMARTS) is 1. The summed E-state index contributed by atoms with van der Waals surface area (Å²) < 4.78 is 0. The number of hydrogen-bond acceptors (Lipinski definition) is 3. The molecule has 1 atom stereocenters. The molecule has 7 heteroatoms. The molecular formula is C16H11Cl3N2O2. The number of hydrogen-bond donors (Lipinski definition) is 1. The number of nitrogens with zero attached hydrogens (tertiary/aromatic N) is 2. The van der Waals surface area contributed by atoms with E-state index in [2.05, 4.69) is 5.10 Å². The van der Waals surface area contributed by atoms with Gasteiger partial charge in [-0.2, -0.15) is 5.10 Å². The molecule has 1 aliphatic rings. The maximum absolute atomic E-state index is 11.3. The zero-order chi connectivity index (χ0) is 16.6. The van der Waals surface area contributed by atoms with Gasteiger partial charge in [0, 0.05) is 16.5 Å². The van der Waals surface area contributed by atoms with Gasteiger partial charge < -0.3 is 5.11 Å². The van der Waals surface area contributed by atoms with Crippen LogP contribution in [0.4, 0.5) is 5.69 Å². The number of aliphatic carboxylic acids is 1. The number of hydrazone groups is 1. The van der Waals surface area contributed by atoms with Crippen molar-refractivity contribution in [3.63, 3.8) is 0 Å². The van der Waals surface area contributed by atoms with Crippen molar-refractivity contribution in [3.8, 4) is 0 Å². The SMILES string of the molecule is O=C(O)C1=NN(c2ccc(Cl)cc2Cl)[C@@H](c2ccc(Cl)cc2)C1. The van der Waals surface area contributed by atoms with Gasteiger partial charge in [-0.05, 0) is 35.9 Å². The number of carboxylic acids is 1. The van der Waals surface area contributed by atoms with E-state index in [1.165, 1.54) is 0 Å². The van der Waals surface area contributed by atoms with E-state index in [4.69, 9.17) is 34.8 Å². The van der Waals surface area contributed by atoms with Gasteiger partial charge in [0.05, 0.1) is 16.8 Å². The maximum atomic E-state index is 11.3. The van der Waals surface area contributed by atoms with Crippen LogP contribution in [0, 0.1) is 0 Å². The zero-order valence-electron chi connectivity index (χ0n) is 11.7. The van der Waals surface area contributed by atoms with Crippen molar-refractivity contribution < 1.29 is 9.90 Å². The number of benzene rings is 2. The molecule has 4 nitrogen and oxygen atoms in total. The molecule has 2 aromatic rings. The Hall–Kier alpha value is -1.75. The zero-order valence-corrected chi connectivity index (χ0v) is 14.0. The summed E-state index contributed by atoms with van der Waals surface area (Å²) in [5.74, 6) is -1.04. The van der Waals surface area contributed by atoms with Crippen LogP contribution in [0.5, 0.6) is 0 Å². The first-order chi connectivity index (χ1) is 11.0. The van der Waals surface area contributed by atoms with Gasteiger partial charge in [0.2, 0.25) is 0 Å². The van der Waals surface area contributed by atoms with Crippen molar-refractivity contribution in [1.82, 2.24) is 0 Å². The summed E-state index contributed by atoms with van der Waals surface area (Å²) in [6, 6.07) is 12.0. The third kappa shape index (κ3) is 3.29. The normalized spacial score (nSPS) is 17.3. The molecule has 118 valence electrons. The number of rotatable bonds is 3. The summed E-state index contributed by atoms with van der Waals surface area (Å²) in [6.45, 7) is 0. The first-order valence-corrected chi connectivity index (χ1v) is 7.89. The molecule has 1 aliphatic heterocycles. The van der Waals surface area contributed by atoms with Gasteiger partial charge in [-0.15, -0.1) is 0 Å².